The molecule has 71 valence electrons. The molecule has 1 rings (SSSR count). The predicted molar refractivity (Wildman–Crippen MR) is 57.0 cm³/mol. The number of benzene rings is 1. The molecule has 0 aromatic heterocycles. The Kier molecular flexibility index (Phi) is 4.37. The van der Waals surface area contributed by atoms with E-state index in [9.17, 15) is 0 Å². The van der Waals surface area contributed by atoms with Gasteiger partial charge in [-0.15, -0.1) is 0 Å². The van der Waals surface area contributed by atoms with Crippen molar-refractivity contribution in [3.8, 4) is 0 Å². The third-order valence-corrected chi connectivity index (χ3v) is 2.25. The molecule has 0 aliphatic heterocycles. The van der Waals surface area contributed by atoms with Crippen molar-refractivity contribution < 1.29 is 0 Å². The lowest BCUT2D eigenvalue weighted by Crippen LogP contribution is -1.85. The van der Waals surface area contributed by atoms with Crippen molar-refractivity contribution in [3.05, 3.63) is 29.8 Å². The van der Waals surface area contributed by atoms with Crippen LogP contribution in [0.3, 0.4) is 0 Å². The Morgan fingerprint density at radius 2 is 2.00 bits per heavy atom. The molecule has 0 spiro atoms. The molecule has 1 radical (unpaired) electrons. The smallest absolute Gasteiger partial charge is 0.0542 e. The molecule has 0 saturated carbocycles. The van der Waals surface area contributed by atoms with Crippen molar-refractivity contribution >= 4 is 5.69 Å². The summed E-state index contributed by atoms with van der Waals surface area (Å²) in [4.78, 5) is 0. The van der Waals surface area contributed by atoms with Gasteiger partial charge in [-0.2, -0.15) is 0 Å². The van der Waals surface area contributed by atoms with Crippen molar-refractivity contribution in [2.45, 2.75) is 39.0 Å². The van der Waals surface area contributed by atoms with Crippen LogP contribution >= 0.6 is 0 Å². The molecule has 1 aromatic carbocycles. The minimum Gasteiger partial charge on any atom is -0.301 e. The summed E-state index contributed by atoms with van der Waals surface area (Å²) >= 11 is 0. The molecule has 1 N–H and O–H groups in total. The maximum Gasteiger partial charge on any atom is 0.0542 e. The zero-order valence-corrected chi connectivity index (χ0v) is 8.34. The lowest BCUT2D eigenvalue weighted by atomic mass is 10.1. The highest BCUT2D eigenvalue weighted by Gasteiger charge is 1.93. The highest BCUT2D eigenvalue weighted by atomic mass is 14.5. The van der Waals surface area contributed by atoms with E-state index in [1.54, 1.807) is 0 Å². The number of hydrogen-bond donors (Lipinski definition) is 0. The van der Waals surface area contributed by atoms with Crippen molar-refractivity contribution in [2.24, 2.45) is 0 Å². The number of unbranched alkanes of at least 4 members (excludes halogenated alkanes) is 3. The van der Waals surface area contributed by atoms with E-state index in [-0.39, 0.29) is 0 Å². The fourth-order valence-corrected chi connectivity index (χ4v) is 1.48. The average Bonchev–Trinajstić information content (AvgIpc) is 2.13. The summed E-state index contributed by atoms with van der Waals surface area (Å²) in [6.45, 7) is 2.23. The lowest BCUT2D eigenvalue weighted by molar-refractivity contribution is 0.667. The molecular weight excluding hydrogens is 158 g/mol. The number of rotatable bonds is 5. The van der Waals surface area contributed by atoms with E-state index >= 15 is 0 Å². The standard InChI is InChI=1S/C12H18N/c1-2-3-4-5-7-11-8-6-9-12(13)10-11/h6,8-10,13H,2-5,7H2,1H3. The van der Waals surface area contributed by atoms with E-state index in [1.165, 1.54) is 31.2 Å². The van der Waals surface area contributed by atoms with Crippen LogP contribution in [0.15, 0.2) is 24.3 Å². The van der Waals surface area contributed by atoms with Crippen molar-refractivity contribution in [1.29, 1.82) is 0 Å². The molecular formula is C12H18N. The summed E-state index contributed by atoms with van der Waals surface area (Å²) in [6, 6.07) is 7.88. The first kappa shape index (κ1) is 10.1. The van der Waals surface area contributed by atoms with Crippen LogP contribution in [0.25, 0.3) is 0 Å². The van der Waals surface area contributed by atoms with Gasteiger partial charge < -0.3 is 5.73 Å². The topological polar surface area (TPSA) is 23.8 Å². The molecule has 1 aromatic rings. The van der Waals surface area contributed by atoms with Gasteiger partial charge in [-0.3, -0.25) is 0 Å². The summed E-state index contributed by atoms with van der Waals surface area (Å²) in [5.41, 5.74) is 9.39. The highest BCUT2D eigenvalue weighted by Crippen LogP contribution is 2.11. The second-order valence-corrected chi connectivity index (χ2v) is 3.51. The summed E-state index contributed by atoms with van der Waals surface area (Å²) in [7, 11) is 0. The second kappa shape index (κ2) is 5.63. The molecule has 1 heteroatoms. The van der Waals surface area contributed by atoms with Crippen LogP contribution in [0.1, 0.15) is 38.2 Å². The normalized spacial score (nSPS) is 10.2. The van der Waals surface area contributed by atoms with Gasteiger partial charge in [-0.1, -0.05) is 38.3 Å². The van der Waals surface area contributed by atoms with Gasteiger partial charge in [0.1, 0.15) is 0 Å². The Hall–Kier alpha value is -0.980. The second-order valence-electron chi connectivity index (χ2n) is 3.51. The fraction of sp³-hybridized carbons (Fsp3) is 0.500. The van der Waals surface area contributed by atoms with Crippen molar-refractivity contribution in [2.75, 3.05) is 0 Å². The maximum absolute atomic E-state index is 7.45. The van der Waals surface area contributed by atoms with Crippen LogP contribution in [-0.4, -0.2) is 0 Å². The molecule has 0 bridgehead atoms. The van der Waals surface area contributed by atoms with Crippen LogP contribution in [0.2, 0.25) is 0 Å². The lowest BCUT2D eigenvalue weighted by Gasteiger charge is -2.01. The molecule has 0 unspecified atom stereocenters. The van der Waals surface area contributed by atoms with Crippen LogP contribution in [0, 0.1) is 0 Å². The molecule has 0 amide bonds. The number of hydrogen-bond acceptors (Lipinski definition) is 0. The maximum atomic E-state index is 7.45. The van der Waals surface area contributed by atoms with E-state index < -0.39 is 0 Å². The minimum absolute atomic E-state index is 0.632. The molecule has 0 fully saturated rings. The molecule has 0 atom stereocenters. The molecule has 0 saturated heterocycles. The summed E-state index contributed by atoms with van der Waals surface area (Å²) < 4.78 is 0. The van der Waals surface area contributed by atoms with Gasteiger partial charge in [0.25, 0.3) is 0 Å². The third kappa shape index (κ3) is 3.97. The summed E-state index contributed by atoms with van der Waals surface area (Å²) in [5, 5.41) is 0. The van der Waals surface area contributed by atoms with Crippen LogP contribution in [0.4, 0.5) is 5.69 Å². The Bertz CT molecular complexity index is 243. The first-order valence-corrected chi connectivity index (χ1v) is 5.13. The van der Waals surface area contributed by atoms with Gasteiger partial charge in [0.2, 0.25) is 0 Å². The first-order chi connectivity index (χ1) is 6.33. The Morgan fingerprint density at radius 1 is 1.15 bits per heavy atom. The quantitative estimate of drug-likeness (QED) is 0.610. The minimum atomic E-state index is 0.632. The van der Waals surface area contributed by atoms with E-state index in [0.717, 1.165) is 6.42 Å². The monoisotopic (exact) mass is 176 g/mol. The number of nitrogens with one attached hydrogen (secondary N) is 1. The van der Waals surface area contributed by atoms with Gasteiger partial charge in [0.15, 0.2) is 0 Å². The van der Waals surface area contributed by atoms with Gasteiger partial charge in [-0.25, -0.2) is 0 Å². The van der Waals surface area contributed by atoms with Crippen LogP contribution < -0.4 is 5.73 Å². The van der Waals surface area contributed by atoms with Gasteiger partial charge in [0, 0.05) is 0 Å². The molecule has 0 aliphatic carbocycles. The average molecular weight is 176 g/mol. The Balaban J connectivity index is 2.28. The first-order valence-electron chi connectivity index (χ1n) is 5.13. The Labute approximate surface area is 81.0 Å². The van der Waals surface area contributed by atoms with E-state index in [1.807, 2.05) is 18.2 Å². The highest BCUT2D eigenvalue weighted by molar-refractivity contribution is 5.37. The van der Waals surface area contributed by atoms with E-state index in [0.29, 0.717) is 5.69 Å². The molecule has 13 heavy (non-hydrogen) atoms. The molecule has 0 aliphatic rings. The largest absolute Gasteiger partial charge is 0.301 e. The van der Waals surface area contributed by atoms with Crippen molar-refractivity contribution in [1.82, 2.24) is 5.73 Å². The van der Waals surface area contributed by atoms with E-state index in [4.69, 9.17) is 5.73 Å². The van der Waals surface area contributed by atoms with Gasteiger partial charge in [0.05, 0.1) is 5.69 Å². The molecule has 1 nitrogen and oxygen atoms in total. The SMILES string of the molecule is CCCCCCc1cccc([NH])c1. The van der Waals surface area contributed by atoms with Crippen LogP contribution in [0.5, 0.6) is 0 Å². The number of aryl methyl sites for hydroxylation is 1. The zero-order valence-electron chi connectivity index (χ0n) is 8.34. The van der Waals surface area contributed by atoms with E-state index in [2.05, 4.69) is 13.0 Å². The molecule has 0 heterocycles. The van der Waals surface area contributed by atoms with Gasteiger partial charge >= 0.3 is 0 Å². The fourth-order valence-electron chi connectivity index (χ4n) is 1.48. The summed E-state index contributed by atoms with van der Waals surface area (Å²) in [6.07, 6.45) is 6.34. The van der Waals surface area contributed by atoms with Crippen molar-refractivity contribution in [3.63, 3.8) is 0 Å². The van der Waals surface area contributed by atoms with Crippen LogP contribution in [-0.2, 0) is 6.42 Å². The third-order valence-electron chi connectivity index (χ3n) is 2.25. The Morgan fingerprint density at radius 3 is 2.69 bits per heavy atom. The van der Waals surface area contributed by atoms with Gasteiger partial charge in [-0.05, 0) is 30.5 Å². The predicted octanol–water partition coefficient (Wildman–Crippen LogP) is 3.72. The zero-order chi connectivity index (χ0) is 9.52. The summed E-state index contributed by atoms with van der Waals surface area (Å²) in [5.74, 6) is 0.